The number of likely N-dealkylation sites (tertiary alicyclic amines) is 1. The number of amides is 1. The van der Waals surface area contributed by atoms with Crippen LogP contribution in [0.4, 0.5) is 0 Å². The number of sulfonamides is 1. The van der Waals surface area contributed by atoms with E-state index in [1.165, 1.54) is 6.42 Å². The Hall–Kier alpha value is -1.86. The van der Waals surface area contributed by atoms with Gasteiger partial charge >= 0.3 is 0 Å². The zero-order valence-corrected chi connectivity index (χ0v) is 16.5. The van der Waals surface area contributed by atoms with Gasteiger partial charge in [0.15, 0.2) is 0 Å². The fourth-order valence-corrected chi connectivity index (χ4v) is 5.67. The van der Waals surface area contributed by atoms with Gasteiger partial charge in [-0.05, 0) is 56.4 Å². The number of carbonyl (C=O) groups is 1. The van der Waals surface area contributed by atoms with E-state index in [0.29, 0.717) is 24.5 Å². The predicted octanol–water partition coefficient (Wildman–Crippen LogP) is 2.83. The van der Waals surface area contributed by atoms with Gasteiger partial charge in [-0.2, -0.15) is 4.31 Å². The molecule has 7 heteroatoms. The Morgan fingerprint density at radius 2 is 1.56 bits per heavy atom. The van der Waals surface area contributed by atoms with Crippen molar-refractivity contribution in [3.05, 3.63) is 30.5 Å². The van der Waals surface area contributed by atoms with Crippen LogP contribution in [0.5, 0.6) is 0 Å². The fourth-order valence-electron chi connectivity index (χ4n) is 4.12. The quantitative estimate of drug-likeness (QED) is 0.808. The van der Waals surface area contributed by atoms with Crippen LogP contribution in [-0.4, -0.2) is 54.3 Å². The number of nitrogens with zero attached hydrogens (tertiary/aromatic N) is 3. The molecule has 146 valence electrons. The van der Waals surface area contributed by atoms with Crippen molar-refractivity contribution in [3.63, 3.8) is 0 Å². The summed E-state index contributed by atoms with van der Waals surface area (Å²) in [6.45, 7) is 3.20. The first-order valence-electron chi connectivity index (χ1n) is 9.92. The second-order valence-corrected chi connectivity index (χ2v) is 9.51. The molecule has 0 atom stereocenters. The monoisotopic (exact) mass is 389 g/mol. The van der Waals surface area contributed by atoms with Gasteiger partial charge in [0, 0.05) is 43.3 Å². The highest BCUT2D eigenvalue weighted by Gasteiger charge is 2.26. The Bertz CT molecular complexity index is 923. The summed E-state index contributed by atoms with van der Waals surface area (Å²) in [7, 11) is -3.44. The van der Waals surface area contributed by atoms with E-state index in [9.17, 15) is 13.2 Å². The molecule has 1 aromatic heterocycles. The Labute approximate surface area is 160 Å². The van der Waals surface area contributed by atoms with Crippen LogP contribution in [-0.2, 0) is 21.4 Å². The summed E-state index contributed by atoms with van der Waals surface area (Å²) < 4.78 is 29.3. The van der Waals surface area contributed by atoms with Gasteiger partial charge in [0.1, 0.15) is 6.54 Å². The lowest BCUT2D eigenvalue weighted by molar-refractivity contribution is -0.132. The normalized spacial score (nSPS) is 19.5. The van der Waals surface area contributed by atoms with E-state index in [-0.39, 0.29) is 5.91 Å². The van der Waals surface area contributed by atoms with Crippen LogP contribution in [0.15, 0.2) is 35.4 Å². The lowest BCUT2D eigenvalue weighted by Gasteiger charge is -2.27. The minimum atomic E-state index is -3.44. The molecule has 1 aromatic carbocycles. The highest BCUT2D eigenvalue weighted by molar-refractivity contribution is 7.89. The van der Waals surface area contributed by atoms with E-state index in [4.69, 9.17) is 0 Å². The van der Waals surface area contributed by atoms with Crippen molar-refractivity contribution >= 4 is 26.8 Å². The van der Waals surface area contributed by atoms with E-state index < -0.39 is 10.0 Å². The average Bonchev–Trinajstić information content (AvgIpc) is 3.11. The molecule has 1 amide bonds. The van der Waals surface area contributed by atoms with Crippen molar-refractivity contribution in [1.29, 1.82) is 0 Å². The van der Waals surface area contributed by atoms with Crippen LogP contribution < -0.4 is 0 Å². The number of hydrogen-bond donors (Lipinski definition) is 0. The molecule has 2 saturated heterocycles. The summed E-state index contributed by atoms with van der Waals surface area (Å²) in [5, 5.41) is 0.861. The van der Waals surface area contributed by atoms with E-state index in [1.54, 1.807) is 16.4 Å². The molecule has 3 heterocycles. The number of piperidine rings is 2. The molecule has 0 bridgehead atoms. The minimum absolute atomic E-state index is 0.136. The molecule has 2 aliphatic heterocycles. The number of hydrogen-bond acceptors (Lipinski definition) is 3. The fraction of sp³-hybridized carbons (Fsp3) is 0.550. The van der Waals surface area contributed by atoms with E-state index in [1.807, 2.05) is 27.8 Å². The van der Waals surface area contributed by atoms with Gasteiger partial charge in [0.05, 0.1) is 4.90 Å². The Kier molecular flexibility index (Phi) is 5.23. The molecule has 0 aliphatic carbocycles. The SMILES string of the molecule is O=C(Cn1ccc2cc(S(=O)(=O)N3CCCCC3)ccc21)N1CCCCC1. The van der Waals surface area contributed by atoms with Crippen molar-refractivity contribution in [2.24, 2.45) is 0 Å². The summed E-state index contributed by atoms with van der Waals surface area (Å²) in [5.74, 6) is 0.136. The second kappa shape index (κ2) is 7.64. The first-order valence-corrected chi connectivity index (χ1v) is 11.4. The molecule has 2 fully saturated rings. The van der Waals surface area contributed by atoms with Gasteiger partial charge in [0.2, 0.25) is 15.9 Å². The molecule has 0 spiro atoms. The van der Waals surface area contributed by atoms with Crippen molar-refractivity contribution in [2.75, 3.05) is 26.2 Å². The van der Waals surface area contributed by atoms with E-state index in [0.717, 1.165) is 56.1 Å². The first kappa shape index (κ1) is 18.5. The summed E-state index contributed by atoms with van der Waals surface area (Å²) in [5.41, 5.74) is 0.901. The summed E-state index contributed by atoms with van der Waals surface area (Å²) >= 11 is 0. The van der Waals surface area contributed by atoms with Crippen molar-refractivity contribution in [2.45, 2.75) is 50.0 Å². The molecule has 27 heavy (non-hydrogen) atoms. The van der Waals surface area contributed by atoms with Crippen LogP contribution in [0.25, 0.3) is 10.9 Å². The van der Waals surface area contributed by atoms with Gasteiger partial charge < -0.3 is 9.47 Å². The van der Waals surface area contributed by atoms with Gasteiger partial charge in [-0.25, -0.2) is 8.42 Å². The van der Waals surface area contributed by atoms with Crippen LogP contribution in [0.2, 0.25) is 0 Å². The molecule has 0 saturated carbocycles. The summed E-state index contributed by atoms with van der Waals surface area (Å²) in [6, 6.07) is 7.14. The maximum absolute atomic E-state index is 12.9. The van der Waals surface area contributed by atoms with Crippen LogP contribution in [0.1, 0.15) is 38.5 Å². The number of benzene rings is 1. The van der Waals surface area contributed by atoms with Crippen molar-refractivity contribution in [1.82, 2.24) is 13.8 Å². The molecule has 4 rings (SSSR count). The van der Waals surface area contributed by atoms with Gasteiger partial charge in [-0.1, -0.05) is 6.42 Å². The lowest BCUT2D eigenvalue weighted by atomic mass is 10.1. The molecule has 2 aliphatic rings. The molecule has 0 unspecified atom stereocenters. The third-order valence-electron chi connectivity index (χ3n) is 5.71. The maximum atomic E-state index is 12.9. The third-order valence-corrected chi connectivity index (χ3v) is 7.60. The van der Waals surface area contributed by atoms with Crippen LogP contribution in [0, 0.1) is 0 Å². The lowest BCUT2D eigenvalue weighted by Crippen LogP contribution is -2.37. The standard InChI is InChI=1S/C20H27N3O3S/c24-20(21-10-3-1-4-11-21)16-22-14-9-17-15-18(7-8-19(17)22)27(25,26)23-12-5-2-6-13-23/h7-9,14-15H,1-6,10-13,16H2. The predicted molar refractivity (Wildman–Crippen MR) is 105 cm³/mol. The highest BCUT2D eigenvalue weighted by atomic mass is 32.2. The summed E-state index contributed by atoms with van der Waals surface area (Å²) in [4.78, 5) is 14.8. The molecule has 0 radical (unpaired) electrons. The van der Waals surface area contributed by atoms with Crippen LogP contribution in [0.3, 0.4) is 0 Å². The Morgan fingerprint density at radius 3 is 2.26 bits per heavy atom. The number of aromatic nitrogens is 1. The zero-order valence-electron chi connectivity index (χ0n) is 15.6. The number of rotatable bonds is 4. The van der Waals surface area contributed by atoms with E-state index >= 15 is 0 Å². The largest absolute Gasteiger partial charge is 0.341 e. The number of carbonyl (C=O) groups excluding carboxylic acids is 1. The number of fused-ring (bicyclic) bond motifs is 1. The average molecular weight is 390 g/mol. The van der Waals surface area contributed by atoms with Gasteiger partial charge in [-0.15, -0.1) is 0 Å². The highest BCUT2D eigenvalue weighted by Crippen LogP contribution is 2.25. The Balaban J connectivity index is 1.55. The van der Waals surface area contributed by atoms with E-state index in [2.05, 4.69) is 0 Å². The van der Waals surface area contributed by atoms with Crippen molar-refractivity contribution < 1.29 is 13.2 Å². The topological polar surface area (TPSA) is 62.6 Å². The second-order valence-electron chi connectivity index (χ2n) is 7.57. The van der Waals surface area contributed by atoms with Gasteiger partial charge in [-0.3, -0.25) is 4.79 Å². The maximum Gasteiger partial charge on any atom is 0.243 e. The zero-order chi connectivity index (χ0) is 18.9. The third kappa shape index (κ3) is 3.75. The Morgan fingerprint density at radius 1 is 0.889 bits per heavy atom. The molecule has 6 nitrogen and oxygen atoms in total. The van der Waals surface area contributed by atoms with Crippen molar-refractivity contribution in [3.8, 4) is 0 Å². The smallest absolute Gasteiger partial charge is 0.243 e. The molecule has 2 aromatic rings. The molecule has 0 N–H and O–H groups in total. The van der Waals surface area contributed by atoms with Crippen LogP contribution >= 0.6 is 0 Å². The molecular weight excluding hydrogens is 362 g/mol. The molecular formula is C20H27N3O3S. The first-order chi connectivity index (χ1) is 13.1. The van der Waals surface area contributed by atoms with Gasteiger partial charge in [0.25, 0.3) is 0 Å². The minimum Gasteiger partial charge on any atom is -0.341 e. The summed E-state index contributed by atoms with van der Waals surface area (Å²) in [6.07, 6.45) is 8.19.